The molecule has 0 aliphatic heterocycles. The zero-order valence-electron chi connectivity index (χ0n) is 12.9. The van der Waals surface area contributed by atoms with Gasteiger partial charge >= 0.3 is 0 Å². The van der Waals surface area contributed by atoms with Crippen molar-refractivity contribution in [2.24, 2.45) is 17.8 Å². The van der Waals surface area contributed by atoms with Crippen molar-refractivity contribution in [2.45, 2.75) is 46.1 Å². The molecule has 20 heavy (non-hydrogen) atoms. The fourth-order valence-corrected chi connectivity index (χ4v) is 3.53. The van der Waals surface area contributed by atoms with E-state index in [1.165, 1.54) is 19.3 Å². The molecule has 0 aromatic heterocycles. The van der Waals surface area contributed by atoms with Crippen molar-refractivity contribution in [3.8, 4) is 5.75 Å². The molecule has 1 saturated carbocycles. The number of methoxy groups -OCH3 is 1. The molecule has 0 spiro atoms. The van der Waals surface area contributed by atoms with Gasteiger partial charge in [0.25, 0.3) is 0 Å². The number of rotatable bonds is 4. The van der Waals surface area contributed by atoms with E-state index < -0.39 is 0 Å². The van der Waals surface area contributed by atoms with E-state index in [4.69, 9.17) is 16.3 Å². The van der Waals surface area contributed by atoms with E-state index in [9.17, 15) is 0 Å². The van der Waals surface area contributed by atoms with E-state index in [1.807, 2.05) is 18.2 Å². The molecule has 3 unspecified atom stereocenters. The molecule has 1 fully saturated rings. The first-order chi connectivity index (χ1) is 9.51. The van der Waals surface area contributed by atoms with Crippen LogP contribution in [0.4, 0.5) is 5.69 Å². The van der Waals surface area contributed by atoms with Gasteiger partial charge in [0.2, 0.25) is 0 Å². The van der Waals surface area contributed by atoms with E-state index >= 15 is 0 Å². The summed E-state index contributed by atoms with van der Waals surface area (Å²) in [4.78, 5) is 0. The Labute approximate surface area is 127 Å². The number of hydrogen-bond acceptors (Lipinski definition) is 2. The van der Waals surface area contributed by atoms with Gasteiger partial charge in [-0.15, -0.1) is 0 Å². The first-order valence-corrected chi connectivity index (χ1v) is 7.99. The highest BCUT2D eigenvalue weighted by Gasteiger charge is 2.31. The number of halogens is 1. The Bertz CT molecular complexity index is 447. The lowest BCUT2D eigenvalue weighted by molar-refractivity contribution is 0.211. The lowest BCUT2D eigenvalue weighted by Crippen LogP contribution is -2.37. The molecule has 0 bridgehead atoms. The zero-order chi connectivity index (χ0) is 14.7. The summed E-state index contributed by atoms with van der Waals surface area (Å²) in [6.07, 6.45) is 3.87. The molecule has 3 atom stereocenters. The van der Waals surface area contributed by atoms with Crippen LogP contribution in [0.1, 0.15) is 40.0 Å². The number of ether oxygens (including phenoxy) is 1. The van der Waals surface area contributed by atoms with Crippen LogP contribution in [0.3, 0.4) is 0 Å². The molecule has 0 heterocycles. The summed E-state index contributed by atoms with van der Waals surface area (Å²) in [6.45, 7) is 7.00. The van der Waals surface area contributed by atoms with E-state index in [-0.39, 0.29) is 0 Å². The number of anilines is 1. The van der Waals surface area contributed by atoms with E-state index in [2.05, 4.69) is 26.1 Å². The van der Waals surface area contributed by atoms with Gasteiger partial charge in [-0.1, -0.05) is 38.8 Å². The lowest BCUT2D eigenvalue weighted by atomic mass is 9.74. The third-order valence-electron chi connectivity index (χ3n) is 4.52. The molecular formula is C17H26ClNO. The maximum absolute atomic E-state index is 6.12. The summed E-state index contributed by atoms with van der Waals surface area (Å²) in [6, 6.07) is 6.28. The van der Waals surface area contributed by atoms with Crippen LogP contribution >= 0.6 is 11.6 Å². The van der Waals surface area contributed by atoms with Crippen molar-refractivity contribution in [1.82, 2.24) is 0 Å². The molecule has 2 nitrogen and oxygen atoms in total. The van der Waals surface area contributed by atoms with Crippen molar-refractivity contribution in [1.29, 1.82) is 0 Å². The smallest absolute Gasteiger partial charge is 0.142 e. The normalized spacial score (nSPS) is 26.6. The number of nitrogens with one attached hydrogen (secondary N) is 1. The van der Waals surface area contributed by atoms with Gasteiger partial charge in [0.1, 0.15) is 5.75 Å². The van der Waals surface area contributed by atoms with Crippen LogP contribution in [-0.4, -0.2) is 13.2 Å². The van der Waals surface area contributed by atoms with Crippen molar-refractivity contribution >= 4 is 17.3 Å². The molecule has 3 heteroatoms. The fraction of sp³-hybridized carbons (Fsp3) is 0.647. The first-order valence-electron chi connectivity index (χ1n) is 7.61. The van der Waals surface area contributed by atoms with Gasteiger partial charge in [-0.3, -0.25) is 0 Å². The molecule has 1 aromatic rings. The van der Waals surface area contributed by atoms with Gasteiger partial charge in [-0.05, 0) is 48.8 Å². The monoisotopic (exact) mass is 295 g/mol. The Morgan fingerprint density at radius 3 is 2.70 bits per heavy atom. The fourth-order valence-electron chi connectivity index (χ4n) is 3.36. The highest BCUT2D eigenvalue weighted by Crippen LogP contribution is 2.37. The van der Waals surface area contributed by atoms with Gasteiger partial charge in [0.15, 0.2) is 0 Å². The standard InChI is InChI=1S/C17H26ClNO/c1-11(2)14-7-5-12(3)9-15(14)19-16-10-13(18)6-8-17(16)20-4/h6,8,10-12,14-15,19H,5,7,9H2,1-4H3. The quantitative estimate of drug-likeness (QED) is 0.822. The van der Waals surface area contributed by atoms with Crippen molar-refractivity contribution in [2.75, 3.05) is 12.4 Å². The van der Waals surface area contributed by atoms with Gasteiger partial charge in [-0.2, -0.15) is 0 Å². The molecule has 2 rings (SSSR count). The topological polar surface area (TPSA) is 21.3 Å². The first kappa shape index (κ1) is 15.5. The van der Waals surface area contributed by atoms with Crippen LogP contribution in [0, 0.1) is 17.8 Å². The third-order valence-corrected chi connectivity index (χ3v) is 4.76. The van der Waals surface area contributed by atoms with E-state index in [0.717, 1.165) is 28.3 Å². The lowest BCUT2D eigenvalue weighted by Gasteiger charge is -2.38. The zero-order valence-corrected chi connectivity index (χ0v) is 13.7. The highest BCUT2D eigenvalue weighted by atomic mass is 35.5. The van der Waals surface area contributed by atoms with Crippen molar-refractivity contribution < 1.29 is 4.74 Å². The largest absolute Gasteiger partial charge is 0.495 e. The average Bonchev–Trinajstić information content (AvgIpc) is 2.38. The Balaban J connectivity index is 2.19. The van der Waals surface area contributed by atoms with Gasteiger partial charge < -0.3 is 10.1 Å². The molecule has 1 N–H and O–H groups in total. The minimum absolute atomic E-state index is 0.506. The molecule has 1 aromatic carbocycles. The minimum Gasteiger partial charge on any atom is -0.495 e. The Morgan fingerprint density at radius 1 is 1.30 bits per heavy atom. The van der Waals surface area contributed by atoms with Gasteiger partial charge in [-0.25, -0.2) is 0 Å². The summed E-state index contributed by atoms with van der Waals surface area (Å²) in [5.74, 6) is 3.07. The summed E-state index contributed by atoms with van der Waals surface area (Å²) in [5, 5.41) is 4.44. The summed E-state index contributed by atoms with van der Waals surface area (Å²) >= 11 is 6.12. The predicted octanol–water partition coefficient (Wildman–Crippen LogP) is 5.22. The maximum Gasteiger partial charge on any atom is 0.142 e. The van der Waals surface area contributed by atoms with Crippen molar-refractivity contribution in [3.05, 3.63) is 23.2 Å². The predicted molar refractivity (Wildman–Crippen MR) is 86.8 cm³/mol. The van der Waals surface area contributed by atoms with Gasteiger partial charge in [0.05, 0.1) is 12.8 Å². The minimum atomic E-state index is 0.506. The van der Waals surface area contributed by atoms with Crippen LogP contribution < -0.4 is 10.1 Å². The third kappa shape index (κ3) is 3.60. The van der Waals surface area contributed by atoms with Crippen molar-refractivity contribution in [3.63, 3.8) is 0 Å². The Morgan fingerprint density at radius 2 is 2.05 bits per heavy atom. The second kappa shape index (κ2) is 6.71. The molecule has 0 amide bonds. The van der Waals surface area contributed by atoms with E-state index in [1.54, 1.807) is 7.11 Å². The van der Waals surface area contributed by atoms with Crippen LogP contribution in [0.25, 0.3) is 0 Å². The summed E-state index contributed by atoms with van der Waals surface area (Å²) < 4.78 is 5.44. The molecule has 0 saturated heterocycles. The highest BCUT2D eigenvalue weighted by molar-refractivity contribution is 6.30. The second-order valence-corrected chi connectivity index (χ2v) is 6.86. The molecule has 112 valence electrons. The Kier molecular flexibility index (Phi) is 5.20. The van der Waals surface area contributed by atoms with Crippen LogP contribution in [0.5, 0.6) is 5.75 Å². The number of hydrogen-bond donors (Lipinski definition) is 1. The van der Waals surface area contributed by atoms with Crippen LogP contribution in [0.2, 0.25) is 5.02 Å². The molecule has 0 radical (unpaired) electrons. The van der Waals surface area contributed by atoms with Crippen LogP contribution in [0.15, 0.2) is 18.2 Å². The van der Waals surface area contributed by atoms with Crippen LogP contribution in [-0.2, 0) is 0 Å². The average molecular weight is 296 g/mol. The molecule has 1 aliphatic carbocycles. The van der Waals surface area contributed by atoms with Gasteiger partial charge in [0, 0.05) is 11.1 Å². The maximum atomic E-state index is 6.12. The molecule has 1 aliphatic rings. The second-order valence-electron chi connectivity index (χ2n) is 6.42. The SMILES string of the molecule is COc1ccc(Cl)cc1NC1CC(C)CCC1C(C)C. The Hall–Kier alpha value is -0.890. The van der Waals surface area contributed by atoms with E-state index in [0.29, 0.717) is 12.0 Å². The summed E-state index contributed by atoms with van der Waals surface area (Å²) in [7, 11) is 1.71. The summed E-state index contributed by atoms with van der Waals surface area (Å²) in [5.41, 5.74) is 1.02. The number of benzene rings is 1. The molecular weight excluding hydrogens is 270 g/mol.